The monoisotopic (exact) mass is 496 g/mol. The molecule has 2 aliphatic rings. The molecule has 0 aromatic heterocycles. The minimum Gasteiger partial charge on any atom is -0.348 e. The zero-order valence-electron chi connectivity index (χ0n) is 20.7. The van der Waals surface area contributed by atoms with Crippen LogP contribution in [0.5, 0.6) is 0 Å². The van der Waals surface area contributed by atoms with Gasteiger partial charge >= 0.3 is 0 Å². The van der Waals surface area contributed by atoms with E-state index in [9.17, 15) is 14.4 Å². The molecule has 3 aromatic rings. The molecule has 1 fully saturated rings. The van der Waals surface area contributed by atoms with E-state index < -0.39 is 6.04 Å². The molecule has 0 spiro atoms. The Labute approximate surface area is 217 Å². The number of fused-ring (bicyclic) bond motifs is 1. The van der Waals surface area contributed by atoms with E-state index in [-0.39, 0.29) is 36.2 Å². The number of nitrogens with two attached hydrogens (primary N) is 1. The zero-order valence-corrected chi connectivity index (χ0v) is 20.7. The molecular weight excluding hydrogens is 464 g/mol. The number of benzene rings is 3. The fraction of sp³-hybridized carbons (Fsp3) is 0.300. The van der Waals surface area contributed by atoms with E-state index in [1.807, 2.05) is 60.7 Å². The van der Waals surface area contributed by atoms with Crippen LogP contribution in [0.2, 0.25) is 0 Å². The third-order valence-electron chi connectivity index (χ3n) is 7.27. The maximum atomic E-state index is 13.6. The molecule has 37 heavy (non-hydrogen) atoms. The summed E-state index contributed by atoms with van der Waals surface area (Å²) >= 11 is 0. The highest BCUT2D eigenvalue weighted by Crippen LogP contribution is 2.35. The first kappa shape index (κ1) is 24.7. The van der Waals surface area contributed by atoms with Crippen LogP contribution < -0.4 is 21.3 Å². The molecule has 7 heteroatoms. The van der Waals surface area contributed by atoms with Crippen molar-refractivity contribution in [2.24, 2.45) is 5.73 Å². The zero-order chi connectivity index (χ0) is 25.8. The fourth-order valence-electron chi connectivity index (χ4n) is 5.26. The van der Waals surface area contributed by atoms with Crippen LogP contribution in [-0.2, 0) is 22.4 Å². The van der Waals surface area contributed by atoms with Crippen molar-refractivity contribution in [1.29, 1.82) is 0 Å². The van der Waals surface area contributed by atoms with Gasteiger partial charge in [0.25, 0.3) is 5.91 Å². The van der Waals surface area contributed by atoms with Crippen LogP contribution in [0.25, 0.3) is 0 Å². The first-order chi connectivity index (χ1) is 18.0. The van der Waals surface area contributed by atoms with Crippen LogP contribution >= 0.6 is 0 Å². The van der Waals surface area contributed by atoms with Gasteiger partial charge in [0.05, 0.1) is 17.8 Å². The van der Waals surface area contributed by atoms with Gasteiger partial charge in [-0.1, -0.05) is 73.5 Å². The van der Waals surface area contributed by atoms with Crippen molar-refractivity contribution >= 4 is 29.1 Å². The highest BCUT2D eigenvalue weighted by atomic mass is 16.2. The summed E-state index contributed by atoms with van der Waals surface area (Å²) in [6.07, 6.45) is 4.43. The van der Waals surface area contributed by atoms with Crippen LogP contribution in [-0.4, -0.2) is 35.8 Å². The molecule has 3 aromatic carbocycles. The van der Waals surface area contributed by atoms with Crippen LogP contribution in [0.15, 0.2) is 78.9 Å². The molecule has 3 atom stereocenters. The number of rotatable bonds is 6. The number of anilines is 2. The molecule has 0 bridgehead atoms. The summed E-state index contributed by atoms with van der Waals surface area (Å²) in [5.74, 6) is -0.675. The third kappa shape index (κ3) is 5.57. The lowest BCUT2D eigenvalue weighted by atomic mass is 9.91. The van der Waals surface area contributed by atoms with Gasteiger partial charge < -0.3 is 16.4 Å². The van der Waals surface area contributed by atoms with Gasteiger partial charge in [-0.25, -0.2) is 0 Å². The predicted octanol–water partition coefficient (Wildman–Crippen LogP) is 3.83. The summed E-state index contributed by atoms with van der Waals surface area (Å²) in [6, 6.07) is 23.5. The number of hydrogen-bond acceptors (Lipinski definition) is 4. The van der Waals surface area contributed by atoms with Gasteiger partial charge in [-0.05, 0) is 42.2 Å². The van der Waals surface area contributed by atoms with Crippen molar-refractivity contribution in [3.8, 4) is 0 Å². The Balaban J connectivity index is 1.44. The molecule has 1 aliphatic carbocycles. The van der Waals surface area contributed by atoms with Crippen molar-refractivity contribution in [1.82, 2.24) is 5.32 Å². The molecule has 1 heterocycles. The molecule has 190 valence electrons. The molecule has 7 nitrogen and oxygen atoms in total. The maximum absolute atomic E-state index is 13.6. The topological polar surface area (TPSA) is 105 Å². The first-order valence-corrected chi connectivity index (χ1v) is 12.9. The highest BCUT2D eigenvalue weighted by molar-refractivity contribution is 6.13. The van der Waals surface area contributed by atoms with E-state index in [4.69, 9.17) is 5.73 Å². The quantitative estimate of drug-likeness (QED) is 0.482. The number of amides is 3. The average molecular weight is 497 g/mol. The Morgan fingerprint density at radius 3 is 2.30 bits per heavy atom. The van der Waals surface area contributed by atoms with E-state index in [1.54, 1.807) is 23.1 Å². The molecular formula is C30H32N4O3. The number of carbonyl (C=O) groups excluding carboxylic acids is 3. The van der Waals surface area contributed by atoms with Crippen molar-refractivity contribution < 1.29 is 14.4 Å². The third-order valence-corrected chi connectivity index (χ3v) is 7.27. The molecule has 0 radical (unpaired) electrons. The molecule has 0 saturated heterocycles. The van der Waals surface area contributed by atoms with Gasteiger partial charge in [0.15, 0.2) is 0 Å². The summed E-state index contributed by atoms with van der Waals surface area (Å²) in [5.41, 5.74) is 9.52. The van der Waals surface area contributed by atoms with E-state index in [0.717, 1.165) is 36.8 Å². The number of nitrogens with zero attached hydrogens (tertiary/aromatic N) is 1. The van der Waals surface area contributed by atoms with E-state index in [2.05, 4.69) is 10.6 Å². The normalized spacial score (nSPS) is 21.1. The van der Waals surface area contributed by atoms with Crippen molar-refractivity contribution in [3.05, 3.63) is 95.6 Å². The average Bonchev–Trinajstić information content (AvgIpc) is 2.91. The lowest BCUT2D eigenvalue weighted by Gasteiger charge is -2.37. The number of nitrogens with one attached hydrogen (secondary N) is 2. The second-order valence-corrected chi connectivity index (χ2v) is 9.88. The Morgan fingerprint density at radius 2 is 1.59 bits per heavy atom. The van der Waals surface area contributed by atoms with E-state index >= 15 is 0 Å². The summed E-state index contributed by atoms with van der Waals surface area (Å²) in [7, 11) is 0. The summed E-state index contributed by atoms with van der Waals surface area (Å²) < 4.78 is 0. The van der Waals surface area contributed by atoms with Gasteiger partial charge in [0, 0.05) is 24.1 Å². The van der Waals surface area contributed by atoms with Gasteiger partial charge in [-0.15, -0.1) is 0 Å². The molecule has 5 rings (SSSR count). The number of carbonyl (C=O) groups is 3. The van der Waals surface area contributed by atoms with Crippen molar-refractivity contribution in [2.45, 2.75) is 56.7 Å². The second kappa shape index (κ2) is 11.0. The summed E-state index contributed by atoms with van der Waals surface area (Å²) in [6.45, 7) is 0. The Morgan fingerprint density at radius 1 is 0.919 bits per heavy atom. The van der Waals surface area contributed by atoms with Gasteiger partial charge in [0.2, 0.25) is 11.8 Å². The minimum atomic E-state index is -0.703. The van der Waals surface area contributed by atoms with Gasteiger partial charge in [-0.3, -0.25) is 19.3 Å². The molecule has 3 amide bonds. The largest absolute Gasteiger partial charge is 0.348 e. The Hall–Kier alpha value is -3.97. The maximum Gasteiger partial charge on any atom is 0.251 e. The standard InChI is InChI=1S/C30H32N4O3/c31-23-13-7-8-14-24(23)32-29(36)22-15-16-26-25(19-22)33-30(37)27(17-20-9-3-1-4-10-20)34(26)28(35)18-21-11-5-2-6-12-21/h1-6,9-12,15-16,19,23-24,27H,7-8,13-14,17-18,31H2,(H,32,36)(H,33,37). The summed E-state index contributed by atoms with van der Waals surface area (Å²) in [5, 5.41) is 6.00. The lowest BCUT2D eigenvalue weighted by Crippen LogP contribution is -2.52. The van der Waals surface area contributed by atoms with Crippen molar-refractivity contribution in [3.63, 3.8) is 0 Å². The van der Waals surface area contributed by atoms with E-state index in [0.29, 0.717) is 23.4 Å². The Bertz CT molecular complexity index is 1280. The van der Waals surface area contributed by atoms with Crippen LogP contribution in [0.3, 0.4) is 0 Å². The van der Waals surface area contributed by atoms with Gasteiger partial charge in [0.1, 0.15) is 6.04 Å². The minimum absolute atomic E-state index is 0.0557. The fourth-order valence-corrected chi connectivity index (χ4v) is 5.26. The molecule has 1 aliphatic heterocycles. The van der Waals surface area contributed by atoms with Crippen LogP contribution in [0.4, 0.5) is 11.4 Å². The van der Waals surface area contributed by atoms with Crippen molar-refractivity contribution in [2.75, 3.05) is 10.2 Å². The van der Waals surface area contributed by atoms with Crippen LogP contribution in [0.1, 0.15) is 47.2 Å². The first-order valence-electron chi connectivity index (χ1n) is 12.9. The molecule has 4 N–H and O–H groups in total. The summed E-state index contributed by atoms with van der Waals surface area (Å²) in [4.78, 5) is 41.6. The predicted molar refractivity (Wildman–Crippen MR) is 144 cm³/mol. The van der Waals surface area contributed by atoms with Gasteiger partial charge in [-0.2, -0.15) is 0 Å². The molecule has 1 saturated carbocycles. The lowest BCUT2D eigenvalue weighted by molar-refractivity contribution is -0.123. The second-order valence-electron chi connectivity index (χ2n) is 9.88. The molecule has 3 unspecified atom stereocenters. The highest BCUT2D eigenvalue weighted by Gasteiger charge is 2.37. The van der Waals surface area contributed by atoms with E-state index in [1.165, 1.54) is 0 Å². The smallest absolute Gasteiger partial charge is 0.251 e. The van der Waals surface area contributed by atoms with Crippen LogP contribution in [0, 0.1) is 0 Å². The SMILES string of the molecule is NC1CCCCC1NC(=O)c1ccc2c(c1)NC(=O)C(Cc1ccccc1)N2C(=O)Cc1ccccc1. The Kier molecular flexibility index (Phi) is 7.32. The number of hydrogen-bond donors (Lipinski definition) is 3.